The molecule has 4 rings (SSSR count). The topological polar surface area (TPSA) is 22.4 Å². The highest BCUT2D eigenvalue weighted by atomic mass is 19.2. The second-order valence-electron chi connectivity index (χ2n) is 8.38. The molecule has 2 aromatic carbocycles. The van der Waals surface area contributed by atoms with Crippen LogP contribution in [-0.4, -0.2) is 6.61 Å². The van der Waals surface area contributed by atoms with E-state index >= 15 is 8.78 Å². The first-order chi connectivity index (χ1) is 15.0. The molecule has 31 heavy (non-hydrogen) atoms. The second kappa shape index (κ2) is 8.93. The Morgan fingerprint density at radius 3 is 2.26 bits per heavy atom. The van der Waals surface area contributed by atoms with E-state index in [1.54, 1.807) is 0 Å². The molecule has 0 bridgehead atoms. The van der Waals surface area contributed by atoms with Crippen LogP contribution in [-0.2, 0) is 0 Å². The van der Waals surface area contributed by atoms with Gasteiger partial charge in [-0.05, 0) is 68.4 Å². The lowest BCUT2D eigenvalue weighted by molar-refractivity contribution is 0.296. The third kappa shape index (κ3) is 3.92. The van der Waals surface area contributed by atoms with Gasteiger partial charge in [0, 0.05) is 6.07 Å². The van der Waals surface area contributed by atoms with Gasteiger partial charge < -0.3 is 9.15 Å². The first-order valence-corrected chi connectivity index (χ1v) is 10.9. The maximum atomic E-state index is 15.1. The van der Waals surface area contributed by atoms with E-state index in [0.717, 1.165) is 38.5 Å². The highest BCUT2D eigenvalue weighted by molar-refractivity contribution is 6.06. The average Bonchev–Trinajstić information content (AvgIpc) is 3.15. The summed E-state index contributed by atoms with van der Waals surface area (Å²) < 4.78 is 70.1. The molecule has 0 aliphatic heterocycles. The van der Waals surface area contributed by atoms with Crippen LogP contribution >= 0.6 is 0 Å². The fraction of sp³-hybridized carbons (Fsp3) is 0.440. The quantitative estimate of drug-likeness (QED) is 0.276. The van der Waals surface area contributed by atoms with Crippen molar-refractivity contribution in [3.63, 3.8) is 0 Å². The maximum absolute atomic E-state index is 15.1. The molecule has 1 saturated carbocycles. The fourth-order valence-electron chi connectivity index (χ4n) is 4.68. The van der Waals surface area contributed by atoms with Gasteiger partial charge in [0.1, 0.15) is 11.2 Å². The predicted molar refractivity (Wildman–Crippen MR) is 113 cm³/mol. The lowest BCUT2D eigenvalue weighted by atomic mass is 9.77. The van der Waals surface area contributed by atoms with Crippen molar-refractivity contribution < 1.29 is 26.7 Å². The smallest absolute Gasteiger partial charge is 0.201 e. The Kier molecular flexibility index (Phi) is 6.26. The van der Waals surface area contributed by atoms with E-state index < -0.39 is 28.7 Å². The highest BCUT2D eigenvalue weighted by Gasteiger charge is 2.29. The standard InChI is InChI=1S/C25H26F4O2/c1-3-5-6-14-7-9-15(10-8-14)16-12-17-20(24(28)22(16)26)21-18(31-17)13-19(30-11-4-2)23(27)25(21)29/h3,12-15H,1,4-11H2,2H3. The normalized spacial score (nSPS) is 19.3. The van der Waals surface area contributed by atoms with Crippen LogP contribution in [0.3, 0.4) is 0 Å². The first kappa shape index (κ1) is 21.7. The largest absolute Gasteiger partial charge is 0.490 e. The van der Waals surface area contributed by atoms with Gasteiger partial charge in [-0.1, -0.05) is 13.0 Å². The summed E-state index contributed by atoms with van der Waals surface area (Å²) in [6.07, 6.45) is 7.91. The number of hydrogen-bond acceptors (Lipinski definition) is 2. The fourth-order valence-corrected chi connectivity index (χ4v) is 4.68. The lowest BCUT2D eigenvalue weighted by Gasteiger charge is -2.28. The minimum Gasteiger partial charge on any atom is -0.490 e. The number of fused-ring (bicyclic) bond motifs is 3. The molecule has 0 N–H and O–H groups in total. The zero-order valence-electron chi connectivity index (χ0n) is 17.6. The van der Waals surface area contributed by atoms with E-state index in [-0.39, 0.29) is 40.4 Å². The summed E-state index contributed by atoms with van der Waals surface area (Å²) in [4.78, 5) is 0. The van der Waals surface area contributed by atoms with Crippen LogP contribution in [0.4, 0.5) is 17.6 Å². The molecule has 1 heterocycles. The van der Waals surface area contributed by atoms with Crippen molar-refractivity contribution in [3.8, 4) is 5.75 Å². The van der Waals surface area contributed by atoms with Crippen LogP contribution < -0.4 is 4.74 Å². The van der Waals surface area contributed by atoms with Crippen molar-refractivity contribution in [1.29, 1.82) is 0 Å². The summed E-state index contributed by atoms with van der Waals surface area (Å²) in [5.41, 5.74) is 0.196. The Hall–Kier alpha value is -2.50. The molecule has 2 nitrogen and oxygen atoms in total. The number of rotatable bonds is 7. The van der Waals surface area contributed by atoms with Gasteiger partial charge >= 0.3 is 0 Å². The van der Waals surface area contributed by atoms with Crippen LogP contribution in [0.25, 0.3) is 21.9 Å². The van der Waals surface area contributed by atoms with Gasteiger partial charge in [0.05, 0.1) is 17.4 Å². The van der Waals surface area contributed by atoms with Gasteiger partial charge in [-0.3, -0.25) is 0 Å². The van der Waals surface area contributed by atoms with E-state index in [1.165, 1.54) is 12.1 Å². The molecule has 0 radical (unpaired) electrons. The van der Waals surface area contributed by atoms with E-state index in [0.29, 0.717) is 12.3 Å². The monoisotopic (exact) mass is 434 g/mol. The summed E-state index contributed by atoms with van der Waals surface area (Å²) in [6, 6.07) is 2.65. The van der Waals surface area contributed by atoms with Crippen LogP contribution in [0.5, 0.6) is 5.75 Å². The molecule has 1 fully saturated rings. The van der Waals surface area contributed by atoms with Gasteiger partial charge in [-0.25, -0.2) is 13.2 Å². The third-order valence-electron chi connectivity index (χ3n) is 6.33. The first-order valence-electron chi connectivity index (χ1n) is 10.9. The zero-order valence-corrected chi connectivity index (χ0v) is 17.6. The highest BCUT2D eigenvalue weighted by Crippen LogP contribution is 2.43. The Balaban J connectivity index is 1.74. The summed E-state index contributed by atoms with van der Waals surface area (Å²) in [5.74, 6) is -4.59. The van der Waals surface area contributed by atoms with Crippen LogP contribution in [0, 0.1) is 29.2 Å². The minimum absolute atomic E-state index is 0.0172. The number of halogens is 4. The molecule has 0 atom stereocenters. The number of benzene rings is 2. The Labute approximate surface area is 178 Å². The van der Waals surface area contributed by atoms with E-state index in [2.05, 4.69) is 6.58 Å². The molecule has 166 valence electrons. The van der Waals surface area contributed by atoms with Crippen molar-refractivity contribution in [2.75, 3.05) is 6.61 Å². The number of allylic oxidation sites excluding steroid dienone is 1. The van der Waals surface area contributed by atoms with Crippen molar-refractivity contribution in [1.82, 2.24) is 0 Å². The van der Waals surface area contributed by atoms with Crippen LogP contribution in [0.15, 0.2) is 29.2 Å². The van der Waals surface area contributed by atoms with Crippen molar-refractivity contribution >= 4 is 21.9 Å². The summed E-state index contributed by atoms with van der Waals surface area (Å²) in [7, 11) is 0. The average molecular weight is 434 g/mol. The molecule has 1 aromatic heterocycles. The Bertz CT molecular complexity index is 1110. The van der Waals surface area contributed by atoms with Crippen LogP contribution in [0.2, 0.25) is 0 Å². The molecule has 1 aliphatic rings. The molecule has 6 heteroatoms. The van der Waals surface area contributed by atoms with E-state index in [9.17, 15) is 8.78 Å². The number of hydrogen-bond donors (Lipinski definition) is 0. The maximum Gasteiger partial charge on any atom is 0.201 e. The molecular weight excluding hydrogens is 408 g/mol. The Morgan fingerprint density at radius 1 is 0.968 bits per heavy atom. The molecule has 0 spiro atoms. The molecule has 0 saturated heterocycles. The summed E-state index contributed by atoms with van der Waals surface area (Å²) in [5, 5.41) is -0.762. The van der Waals surface area contributed by atoms with Gasteiger partial charge in [-0.15, -0.1) is 6.58 Å². The van der Waals surface area contributed by atoms with Gasteiger partial charge in [0.15, 0.2) is 23.2 Å². The zero-order chi connectivity index (χ0) is 22.1. The molecular formula is C25H26F4O2. The Morgan fingerprint density at radius 2 is 1.61 bits per heavy atom. The van der Waals surface area contributed by atoms with Gasteiger partial charge in [-0.2, -0.15) is 4.39 Å². The van der Waals surface area contributed by atoms with Crippen molar-refractivity contribution in [2.24, 2.45) is 5.92 Å². The molecule has 0 amide bonds. The SMILES string of the molecule is C=CCCC1CCC(c2cc3oc4cc(OCCC)c(F)c(F)c4c3c(F)c2F)CC1. The van der Waals surface area contributed by atoms with Gasteiger partial charge in [0.25, 0.3) is 0 Å². The number of ether oxygens (including phenoxy) is 1. The van der Waals surface area contributed by atoms with Gasteiger partial charge in [0.2, 0.25) is 5.82 Å². The number of furan rings is 1. The summed E-state index contributed by atoms with van der Waals surface area (Å²) >= 11 is 0. The minimum atomic E-state index is -1.30. The third-order valence-corrected chi connectivity index (χ3v) is 6.33. The van der Waals surface area contributed by atoms with Crippen molar-refractivity contribution in [2.45, 2.75) is 57.8 Å². The van der Waals surface area contributed by atoms with Crippen molar-refractivity contribution in [3.05, 3.63) is 53.6 Å². The van der Waals surface area contributed by atoms with E-state index in [1.807, 2.05) is 13.0 Å². The molecule has 0 unspecified atom stereocenters. The predicted octanol–water partition coefficient (Wildman–Crippen LogP) is 8.17. The lowest BCUT2D eigenvalue weighted by Crippen LogP contribution is -2.14. The van der Waals surface area contributed by atoms with Crippen LogP contribution in [0.1, 0.15) is 63.4 Å². The molecule has 1 aliphatic carbocycles. The van der Waals surface area contributed by atoms with E-state index in [4.69, 9.17) is 9.15 Å². The second-order valence-corrected chi connectivity index (χ2v) is 8.38. The molecule has 3 aromatic rings. The summed E-state index contributed by atoms with van der Waals surface area (Å²) in [6.45, 7) is 5.78.